The Bertz CT molecular complexity index is 309. The highest BCUT2D eigenvalue weighted by Crippen LogP contribution is 2.03. The van der Waals surface area contributed by atoms with Gasteiger partial charge in [0.1, 0.15) is 0 Å². The zero-order valence-electron chi connectivity index (χ0n) is 8.14. The minimum absolute atomic E-state index is 0.352. The standard InChI is InChI=1S/C9H12N2O2S/c1-11(4-3-9(12)13-2)5-8-6-14-7-10-8/h3-4,6-7H,5H2,1-2H3. The van der Waals surface area contributed by atoms with Gasteiger partial charge in [0.2, 0.25) is 0 Å². The van der Waals surface area contributed by atoms with Crippen molar-refractivity contribution in [3.05, 3.63) is 28.9 Å². The lowest BCUT2D eigenvalue weighted by molar-refractivity contribution is -0.134. The number of nitrogens with zero attached hydrogens (tertiary/aromatic N) is 2. The molecule has 0 saturated carbocycles. The summed E-state index contributed by atoms with van der Waals surface area (Å²) in [5, 5.41) is 1.97. The second-order valence-electron chi connectivity index (χ2n) is 2.73. The highest BCUT2D eigenvalue weighted by Gasteiger charge is 1.98. The zero-order chi connectivity index (χ0) is 10.4. The number of rotatable bonds is 4. The maximum absolute atomic E-state index is 10.8. The molecular formula is C9H12N2O2S. The smallest absolute Gasteiger partial charge is 0.331 e. The number of carbonyl (C=O) groups is 1. The topological polar surface area (TPSA) is 42.4 Å². The fraction of sp³-hybridized carbons (Fsp3) is 0.333. The molecule has 1 aromatic rings. The van der Waals surface area contributed by atoms with Crippen molar-refractivity contribution in [2.45, 2.75) is 6.54 Å². The fourth-order valence-corrected chi connectivity index (χ4v) is 1.43. The molecule has 0 aliphatic carbocycles. The first-order chi connectivity index (χ1) is 6.72. The Morgan fingerprint density at radius 2 is 2.57 bits per heavy atom. The molecule has 0 N–H and O–H groups in total. The summed E-state index contributed by atoms with van der Waals surface area (Å²) in [4.78, 5) is 16.8. The number of esters is 1. The Morgan fingerprint density at radius 1 is 1.79 bits per heavy atom. The Morgan fingerprint density at radius 3 is 3.14 bits per heavy atom. The zero-order valence-corrected chi connectivity index (χ0v) is 8.95. The summed E-state index contributed by atoms with van der Waals surface area (Å²) in [5.74, 6) is -0.352. The van der Waals surface area contributed by atoms with Gasteiger partial charge in [0.25, 0.3) is 0 Å². The number of ether oxygens (including phenoxy) is 1. The predicted octanol–water partition coefficient (Wildman–Crippen LogP) is 1.26. The average Bonchev–Trinajstić information content (AvgIpc) is 2.66. The van der Waals surface area contributed by atoms with Gasteiger partial charge in [-0.05, 0) is 0 Å². The van der Waals surface area contributed by atoms with Crippen LogP contribution in [0.5, 0.6) is 0 Å². The van der Waals surface area contributed by atoms with Gasteiger partial charge in [0.05, 0.1) is 24.9 Å². The molecule has 1 rings (SSSR count). The van der Waals surface area contributed by atoms with Crippen molar-refractivity contribution in [1.29, 1.82) is 0 Å². The molecule has 0 saturated heterocycles. The summed E-state index contributed by atoms with van der Waals surface area (Å²) in [7, 11) is 3.23. The van der Waals surface area contributed by atoms with Crippen LogP contribution < -0.4 is 0 Å². The van der Waals surface area contributed by atoms with Crippen molar-refractivity contribution in [3.8, 4) is 0 Å². The van der Waals surface area contributed by atoms with Crippen molar-refractivity contribution in [2.24, 2.45) is 0 Å². The van der Waals surface area contributed by atoms with Crippen molar-refractivity contribution >= 4 is 17.3 Å². The third-order valence-corrected chi connectivity index (χ3v) is 2.20. The largest absolute Gasteiger partial charge is 0.466 e. The third-order valence-electron chi connectivity index (χ3n) is 1.56. The van der Waals surface area contributed by atoms with Crippen LogP contribution in [0.2, 0.25) is 0 Å². The molecule has 0 fully saturated rings. The number of hydrogen-bond acceptors (Lipinski definition) is 5. The molecule has 0 aromatic carbocycles. The molecule has 0 bridgehead atoms. The number of hydrogen-bond donors (Lipinski definition) is 0. The molecular weight excluding hydrogens is 200 g/mol. The highest BCUT2D eigenvalue weighted by atomic mass is 32.1. The average molecular weight is 212 g/mol. The SMILES string of the molecule is COC(=O)C=CN(C)Cc1cscn1. The summed E-state index contributed by atoms with van der Waals surface area (Å²) in [6, 6.07) is 0. The Labute approximate surface area is 86.8 Å². The van der Waals surface area contributed by atoms with Gasteiger partial charge in [-0.3, -0.25) is 0 Å². The fourth-order valence-electron chi connectivity index (χ4n) is 0.880. The highest BCUT2D eigenvalue weighted by molar-refractivity contribution is 7.07. The monoisotopic (exact) mass is 212 g/mol. The quantitative estimate of drug-likeness (QED) is 0.556. The first-order valence-electron chi connectivity index (χ1n) is 4.06. The van der Waals surface area contributed by atoms with E-state index in [4.69, 9.17) is 0 Å². The van der Waals surface area contributed by atoms with Gasteiger partial charge in [-0.15, -0.1) is 11.3 Å². The van der Waals surface area contributed by atoms with Crippen LogP contribution in [-0.4, -0.2) is 30.0 Å². The van der Waals surface area contributed by atoms with Crippen molar-refractivity contribution in [1.82, 2.24) is 9.88 Å². The summed E-state index contributed by atoms with van der Waals surface area (Å²) < 4.78 is 4.47. The van der Waals surface area contributed by atoms with Crippen LogP contribution in [0.4, 0.5) is 0 Å². The van der Waals surface area contributed by atoms with Gasteiger partial charge in [-0.1, -0.05) is 0 Å². The van der Waals surface area contributed by atoms with E-state index < -0.39 is 0 Å². The van der Waals surface area contributed by atoms with Crippen LogP contribution in [-0.2, 0) is 16.1 Å². The minimum Gasteiger partial charge on any atom is -0.466 e. The molecule has 5 heteroatoms. The van der Waals surface area contributed by atoms with E-state index in [0.717, 1.165) is 5.69 Å². The van der Waals surface area contributed by atoms with E-state index in [1.54, 1.807) is 23.0 Å². The lowest BCUT2D eigenvalue weighted by Gasteiger charge is -2.10. The van der Waals surface area contributed by atoms with Gasteiger partial charge < -0.3 is 9.64 Å². The van der Waals surface area contributed by atoms with Gasteiger partial charge in [0, 0.05) is 24.7 Å². The summed E-state index contributed by atoms with van der Waals surface area (Å²) in [6.45, 7) is 0.691. The molecule has 4 nitrogen and oxygen atoms in total. The van der Waals surface area contributed by atoms with Crippen molar-refractivity contribution < 1.29 is 9.53 Å². The lowest BCUT2D eigenvalue weighted by Crippen LogP contribution is -2.11. The Kier molecular flexibility index (Phi) is 4.12. The van der Waals surface area contributed by atoms with Gasteiger partial charge in [-0.25, -0.2) is 9.78 Å². The molecule has 1 heterocycles. The van der Waals surface area contributed by atoms with Crippen LogP contribution in [0.15, 0.2) is 23.2 Å². The van der Waals surface area contributed by atoms with Crippen LogP contribution >= 0.6 is 11.3 Å². The summed E-state index contributed by atoms with van der Waals surface area (Å²) in [6.07, 6.45) is 3.05. The molecule has 14 heavy (non-hydrogen) atoms. The van der Waals surface area contributed by atoms with E-state index in [0.29, 0.717) is 6.54 Å². The molecule has 0 aliphatic heterocycles. The maximum atomic E-state index is 10.8. The Balaban J connectivity index is 2.39. The number of thiazole rings is 1. The van der Waals surface area contributed by atoms with Gasteiger partial charge in [0.15, 0.2) is 0 Å². The van der Waals surface area contributed by atoms with Crippen molar-refractivity contribution in [2.75, 3.05) is 14.2 Å². The molecule has 0 atom stereocenters. The first-order valence-corrected chi connectivity index (χ1v) is 5.00. The normalized spacial score (nSPS) is 10.4. The van der Waals surface area contributed by atoms with Crippen LogP contribution in [0, 0.1) is 0 Å². The molecule has 0 amide bonds. The first kappa shape index (κ1) is 10.7. The third kappa shape index (κ3) is 3.57. The van der Waals surface area contributed by atoms with Crippen LogP contribution in [0.25, 0.3) is 0 Å². The van der Waals surface area contributed by atoms with E-state index in [1.165, 1.54) is 13.2 Å². The number of methoxy groups -OCH3 is 1. The van der Waals surface area contributed by atoms with Crippen molar-refractivity contribution in [3.63, 3.8) is 0 Å². The van der Waals surface area contributed by atoms with Gasteiger partial charge in [-0.2, -0.15) is 0 Å². The number of carbonyl (C=O) groups excluding carboxylic acids is 1. The second-order valence-corrected chi connectivity index (χ2v) is 3.45. The molecule has 0 radical (unpaired) electrons. The molecule has 0 aliphatic rings. The molecule has 0 unspecified atom stereocenters. The van der Waals surface area contributed by atoms with Gasteiger partial charge >= 0.3 is 5.97 Å². The van der Waals surface area contributed by atoms with Crippen LogP contribution in [0.1, 0.15) is 5.69 Å². The Hall–Kier alpha value is -1.36. The lowest BCUT2D eigenvalue weighted by atomic mass is 10.4. The summed E-state index contributed by atoms with van der Waals surface area (Å²) in [5.41, 5.74) is 2.78. The molecule has 0 spiro atoms. The predicted molar refractivity (Wildman–Crippen MR) is 54.7 cm³/mol. The van der Waals surface area contributed by atoms with E-state index >= 15 is 0 Å². The van der Waals surface area contributed by atoms with E-state index in [1.807, 2.05) is 17.3 Å². The number of aromatic nitrogens is 1. The second kappa shape index (κ2) is 5.39. The maximum Gasteiger partial charge on any atom is 0.331 e. The summed E-state index contributed by atoms with van der Waals surface area (Å²) >= 11 is 1.56. The minimum atomic E-state index is -0.352. The van der Waals surface area contributed by atoms with E-state index in [-0.39, 0.29) is 5.97 Å². The van der Waals surface area contributed by atoms with Crippen LogP contribution in [0.3, 0.4) is 0 Å². The van der Waals surface area contributed by atoms with E-state index in [2.05, 4.69) is 9.72 Å². The van der Waals surface area contributed by atoms with E-state index in [9.17, 15) is 4.79 Å². The molecule has 1 aromatic heterocycles. The molecule has 76 valence electrons.